The number of fused-ring (bicyclic) bond motifs is 1. The van der Waals surface area contributed by atoms with E-state index in [0.717, 1.165) is 18.7 Å². The van der Waals surface area contributed by atoms with Crippen molar-refractivity contribution in [3.63, 3.8) is 0 Å². The average Bonchev–Trinajstić information content (AvgIpc) is 2.70. The first-order chi connectivity index (χ1) is 9.45. The molecule has 1 heterocycles. The molecule has 112 valence electrons. The van der Waals surface area contributed by atoms with Gasteiger partial charge in [-0.3, -0.25) is 0 Å². The van der Waals surface area contributed by atoms with Crippen LogP contribution in [0.3, 0.4) is 0 Å². The zero-order chi connectivity index (χ0) is 14.8. The highest BCUT2D eigenvalue weighted by molar-refractivity contribution is 7.99. The van der Waals surface area contributed by atoms with Crippen LogP contribution in [0, 0.1) is 0 Å². The molecular formula is C16H25NO2S. The summed E-state index contributed by atoms with van der Waals surface area (Å²) in [6, 6.07) is 6.71. The highest BCUT2D eigenvalue weighted by Crippen LogP contribution is 2.35. The van der Waals surface area contributed by atoms with Crippen LogP contribution in [-0.4, -0.2) is 34.9 Å². The van der Waals surface area contributed by atoms with Gasteiger partial charge in [-0.1, -0.05) is 12.1 Å². The number of aliphatic hydroxyl groups excluding tert-OH is 1. The van der Waals surface area contributed by atoms with Crippen LogP contribution in [-0.2, 0) is 13.0 Å². The number of aliphatic hydroxyl groups is 1. The molecule has 2 rings (SSSR count). The lowest BCUT2D eigenvalue weighted by atomic mass is 10.00. The van der Waals surface area contributed by atoms with Gasteiger partial charge >= 0.3 is 0 Å². The molecule has 2 atom stereocenters. The van der Waals surface area contributed by atoms with Gasteiger partial charge < -0.3 is 15.2 Å². The molecule has 0 saturated heterocycles. The minimum atomic E-state index is -0.0808. The molecule has 0 saturated carbocycles. The summed E-state index contributed by atoms with van der Waals surface area (Å²) in [5, 5.41) is 13.0. The molecule has 0 radical (unpaired) electrons. The van der Waals surface area contributed by atoms with E-state index in [9.17, 15) is 5.11 Å². The van der Waals surface area contributed by atoms with Gasteiger partial charge in [-0.05, 0) is 44.2 Å². The molecule has 4 heteroatoms. The smallest absolute Gasteiger partial charge is 0.123 e. The Hall–Kier alpha value is -0.710. The molecule has 0 amide bonds. The Balaban J connectivity index is 1.96. The highest BCUT2D eigenvalue weighted by Gasteiger charge is 2.29. The van der Waals surface area contributed by atoms with E-state index in [-0.39, 0.29) is 23.5 Å². The topological polar surface area (TPSA) is 41.5 Å². The number of nitrogens with one attached hydrogen (secondary N) is 1. The standard InChI is InChI=1S/C16H25NO2S/c1-11(15(10-18)20-4)17-9-12-5-6-14-13(7-12)8-16(2,3)19-14/h5-7,11,15,17-18H,8-10H2,1-4H3. The maximum atomic E-state index is 9.30. The first kappa shape index (κ1) is 15.7. The van der Waals surface area contributed by atoms with Gasteiger partial charge in [-0.15, -0.1) is 0 Å². The van der Waals surface area contributed by atoms with Gasteiger partial charge in [0.05, 0.1) is 6.61 Å². The lowest BCUT2D eigenvalue weighted by Crippen LogP contribution is -2.37. The maximum Gasteiger partial charge on any atom is 0.123 e. The second-order valence-electron chi connectivity index (χ2n) is 6.11. The highest BCUT2D eigenvalue weighted by atomic mass is 32.2. The number of hydrogen-bond acceptors (Lipinski definition) is 4. The number of hydrogen-bond donors (Lipinski definition) is 2. The van der Waals surface area contributed by atoms with Gasteiger partial charge in [-0.2, -0.15) is 11.8 Å². The van der Waals surface area contributed by atoms with E-state index < -0.39 is 0 Å². The normalized spacial score (nSPS) is 19.2. The Kier molecular flexibility index (Phi) is 4.99. The van der Waals surface area contributed by atoms with E-state index in [1.807, 2.05) is 6.26 Å². The van der Waals surface area contributed by atoms with Crippen molar-refractivity contribution in [1.82, 2.24) is 5.32 Å². The van der Waals surface area contributed by atoms with Crippen molar-refractivity contribution < 1.29 is 9.84 Å². The minimum absolute atomic E-state index is 0.0808. The molecule has 3 nitrogen and oxygen atoms in total. The summed E-state index contributed by atoms with van der Waals surface area (Å²) >= 11 is 1.70. The minimum Gasteiger partial charge on any atom is -0.487 e. The van der Waals surface area contributed by atoms with E-state index in [0.29, 0.717) is 0 Å². The van der Waals surface area contributed by atoms with Crippen molar-refractivity contribution in [2.75, 3.05) is 12.9 Å². The van der Waals surface area contributed by atoms with Gasteiger partial charge in [-0.25, -0.2) is 0 Å². The SMILES string of the molecule is CSC(CO)C(C)NCc1ccc2c(c1)CC(C)(C)O2. The Labute approximate surface area is 126 Å². The largest absolute Gasteiger partial charge is 0.487 e. The first-order valence-corrected chi connectivity index (χ1v) is 8.42. The Morgan fingerprint density at radius 1 is 1.45 bits per heavy atom. The summed E-state index contributed by atoms with van der Waals surface area (Å²) in [4.78, 5) is 0. The molecule has 1 aromatic rings. The zero-order valence-electron chi connectivity index (χ0n) is 12.8. The molecule has 0 aliphatic carbocycles. The van der Waals surface area contributed by atoms with E-state index in [2.05, 4.69) is 44.3 Å². The first-order valence-electron chi connectivity index (χ1n) is 7.13. The molecule has 2 N–H and O–H groups in total. The number of ether oxygens (including phenoxy) is 1. The third kappa shape index (κ3) is 3.68. The van der Waals surface area contributed by atoms with Crippen LogP contribution >= 0.6 is 11.8 Å². The zero-order valence-corrected chi connectivity index (χ0v) is 13.6. The van der Waals surface area contributed by atoms with Crippen LogP contribution in [0.5, 0.6) is 5.75 Å². The lowest BCUT2D eigenvalue weighted by molar-refractivity contribution is 0.138. The molecule has 0 bridgehead atoms. The van der Waals surface area contributed by atoms with Crippen molar-refractivity contribution in [2.24, 2.45) is 0 Å². The van der Waals surface area contributed by atoms with Gasteiger partial charge in [0.2, 0.25) is 0 Å². The third-order valence-corrected chi connectivity index (χ3v) is 4.96. The summed E-state index contributed by atoms with van der Waals surface area (Å²) in [7, 11) is 0. The molecule has 1 aliphatic heterocycles. The maximum absolute atomic E-state index is 9.30. The van der Waals surface area contributed by atoms with Gasteiger partial charge in [0.15, 0.2) is 0 Å². The quantitative estimate of drug-likeness (QED) is 0.846. The Morgan fingerprint density at radius 3 is 2.85 bits per heavy atom. The Bertz CT molecular complexity index is 458. The fourth-order valence-electron chi connectivity index (χ4n) is 2.62. The molecule has 0 fully saturated rings. The van der Waals surface area contributed by atoms with Crippen molar-refractivity contribution in [3.05, 3.63) is 29.3 Å². The van der Waals surface area contributed by atoms with Crippen molar-refractivity contribution in [1.29, 1.82) is 0 Å². The molecule has 0 aromatic heterocycles. The fourth-order valence-corrected chi connectivity index (χ4v) is 3.27. The van der Waals surface area contributed by atoms with Crippen molar-refractivity contribution in [2.45, 2.75) is 50.6 Å². The molecule has 0 spiro atoms. The molecule has 20 heavy (non-hydrogen) atoms. The lowest BCUT2D eigenvalue weighted by Gasteiger charge is -2.21. The average molecular weight is 295 g/mol. The summed E-state index contributed by atoms with van der Waals surface area (Å²) in [5.41, 5.74) is 2.49. The fraction of sp³-hybridized carbons (Fsp3) is 0.625. The van der Waals surface area contributed by atoms with Gasteiger partial charge in [0.25, 0.3) is 0 Å². The van der Waals surface area contributed by atoms with E-state index in [1.165, 1.54) is 11.1 Å². The summed E-state index contributed by atoms with van der Waals surface area (Å²) in [6.45, 7) is 7.40. The van der Waals surface area contributed by atoms with Crippen LogP contribution in [0.2, 0.25) is 0 Å². The number of rotatable bonds is 6. The second kappa shape index (κ2) is 6.37. The predicted molar refractivity (Wildman–Crippen MR) is 85.5 cm³/mol. The molecule has 2 unspecified atom stereocenters. The summed E-state index contributed by atoms with van der Waals surface area (Å²) < 4.78 is 5.89. The van der Waals surface area contributed by atoms with Crippen LogP contribution in [0.4, 0.5) is 0 Å². The van der Waals surface area contributed by atoms with Gasteiger partial charge in [0, 0.05) is 24.3 Å². The molecular weight excluding hydrogens is 270 g/mol. The number of thioether (sulfide) groups is 1. The van der Waals surface area contributed by atoms with Crippen LogP contribution in [0.25, 0.3) is 0 Å². The Morgan fingerprint density at radius 2 is 2.20 bits per heavy atom. The van der Waals surface area contributed by atoms with Crippen LogP contribution < -0.4 is 10.1 Å². The van der Waals surface area contributed by atoms with Crippen molar-refractivity contribution >= 4 is 11.8 Å². The van der Waals surface area contributed by atoms with E-state index in [4.69, 9.17) is 4.74 Å². The predicted octanol–water partition coefficient (Wildman–Crippen LogP) is 2.60. The summed E-state index contributed by atoms with van der Waals surface area (Å²) in [6.07, 6.45) is 3.00. The van der Waals surface area contributed by atoms with Crippen LogP contribution in [0.1, 0.15) is 31.9 Å². The molecule has 1 aliphatic rings. The van der Waals surface area contributed by atoms with E-state index >= 15 is 0 Å². The van der Waals surface area contributed by atoms with Gasteiger partial charge in [0.1, 0.15) is 11.4 Å². The van der Waals surface area contributed by atoms with Crippen LogP contribution in [0.15, 0.2) is 18.2 Å². The number of benzene rings is 1. The molecule has 1 aromatic carbocycles. The second-order valence-corrected chi connectivity index (χ2v) is 7.18. The third-order valence-electron chi connectivity index (χ3n) is 3.80. The van der Waals surface area contributed by atoms with E-state index in [1.54, 1.807) is 11.8 Å². The van der Waals surface area contributed by atoms with Crippen molar-refractivity contribution in [3.8, 4) is 5.75 Å². The monoisotopic (exact) mass is 295 g/mol. The summed E-state index contributed by atoms with van der Waals surface area (Å²) in [5.74, 6) is 1.02.